The summed E-state index contributed by atoms with van der Waals surface area (Å²) in [4.78, 5) is 0. The van der Waals surface area contributed by atoms with Crippen LogP contribution in [0, 0.1) is 0 Å². The minimum absolute atomic E-state index is 0.261. The first-order chi connectivity index (χ1) is 5.18. The summed E-state index contributed by atoms with van der Waals surface area (Å²) in [6, 6.07) is 8.09. The molecule has 0 bridgehead atoms. The average Bonchev–Trinajstić information content (AvgIpc) is 1.85. The van der Waals surface area contributed by atoms with Gasteiger partial charge >= 0.3 is 0 Å². The molecule has 0 saturated heterocycles. The van der Waals surface area contributed by atoms with Gasteiger partial charge in [-0.3, -0.25) is 0 Å². The van der Waals surface area contributed by atoms with E-state index < -0.39 is 0 Å². The molecule has 0 radical (unpaired) electrons. The molecular formula is C9H13BO. The van der Waals surface area contributed by atoms with Crippen LogP contribution in [0.4, 0.5) is 0 Å². The molecule has 0 N–H and O–H groups in total. The van der Waals surface area contributed by atoms with E-state index in [0.29, 0.717) is 0 Å². The number of rotatable bonds is 2. The first-order valence-corrected chi connectivity index (χ1v) is 3.92. The lowest BCUT2D eigenvalue weighted by Gasteiger charge is -2.09. The van der Waals surface area contributed by atoms with Crippen LogP contribution in [0.25, 0.3) is 0 Å². The highest BCUT2D eigenvalue weighted by Crippen LogP contribution is 2.08. The molecule has 1 nitrogen and oxygen atoms in total. The lowest BCUT2D eigenvalue weighted by Crippen LogP contribution is -2.08. The molecular weight excluding hydrogens is 135 g/mol. The molecule has 1 aromatic rings. The van der Waals surface area contributed by atoms with Crippen LogP contribution < -0.4 is 10.2 Å². The molecule has 0 unspecified atom stereocenters. The van der Waals surface area contributed by atoms with Crippen molar-refractivity contribution in [2.45, 2.75) is 20.0 Å². The van der Waals surface area contributed by atoms with E-state index in [1.165, 1.54) is 5.46 Å². The minimum Gasteiger partial charge on any atom is -0.491 e. The summed E-state index contributed by atoms with van der Waals surface area (Å²) < 4.78 is 5.50. The summed E-state index contributed by atoms with van der Waals surface area (Å²) in [6.07, 6.45) is 0.261. The molecule has 0 aliphatic rings. The first-order valence-electron chi connectivity index (χ1n) is 3.92. The van der Waals surface area contributed by atoms with Crippen molar-refractivity contribution in [1.29, 1.82) is 0 Å². The van der Waals surface area contributed by atoms with Crippen LogP contribution in [0.5, 0.6) is 5.75 Å². The highest BCUT2D eigenvalue weighted by atomic mass is 16.5. The lowest BCUT2D eigenvalue weighted by molar-refractivity contribution is 0.242. The molecule has 1 aromatic carbocycles. The molecule has 0 fully saturated rings. The summed E-state index contributed by atoms with van der Waals surface area (Å²) in [5, 5.41) is 0. The number of ether oxygens (including phenoxy) is 1. The third-order valence-corrected chi connectivity index (χ3v) is 1.36. The topological polar surface area (TPSA) is 9.23 Å². The second kappa shape index (κ2) is 3.47. The van der Waals surface area contributed by atoms with E-state index >= 15 is 0 Å². The Hall–Kier alpha value is -0.915. The van der Waals surface area contributed by atoms with Gasteiger partial charge in [-0.2, -0.15) is 0 Å². The van der Waals surface area contributed by atoms with Gasteiger partial charge in [-0.25, -0.2) is 0 Å². The van der Waals surface area contributed by atoms with Gasteiger partial charge in [0.25, 0.3) is 0 Å². The summed E-state index contributed by atoms with van der Waals surface area (Å²) in [5.41, 5.74) is 1.24. The van der Waals surface area contributed by atoms with Crippen LogP contribution in [0.1, 0.15) is 13.8 Å². The van der Waals surface area contributed by atoms with E-state index in [9.17, 15) is 0 Å². The van der Waals surface area contributed by atoms with Crippen molar-refractivity contribution in [2.24, 2.45) is 0 Å². The largest absolute Gasteiger partial charge is 0.491 e. The maximum atomic E-state index is 5.50. The highest BCUT2D eigenvalue weighted by molar-refractivity contribution is 6.32. The molecule has 0 atom stereocenters. The van der Waals surface area contributed by atoms with E-state index in [-0.39, 0.29) is 6.10 Å². The first kappa shape index (κ1) is 8.18. The zero-order valence-electron chi connectivity index (χ0n) is 7.29. The van der Waals surface area contributed by atoms with Crippen molar-refractivity contribution in [3.63, 3.8) is 0 Å². The molecule has 58 valence electrons. The minimum atomic E-state index is 0.261. The van der Waals surface area contributed by atoms with Crippen LogP contribution in [-0.4, -0.2) is 14.0 Å². The molecule has 0 aromatic heterocycles. The van der Waals surface area contributed by atoms with E-state index in [0.717, 1.165) is 5.75 Å². The Kier molecular flexibility index (Phi) is 2.58. The van der Waals surface area contributed by atoms with E-state index in [2.05, 4.69) is 13.9 Å². The van der Waals surface area contributed by atoms with Gasteiger partial charge in [0.2, 0.25) is 0 Å². The van der Waals surface area contributed by atoms with E-state index in [4.69, 9.17) is 4.74 Å². The molecule has 1 rings (SSSR count). The van der Waals surface area contributed by atoms with Crippen molar-refractivity contribution in [2.75, 3.05) is 0 Å². The van der Waals surface area contributed by atoms with Crippen molar-refractivity contribution >= 4 is 13.3 Å². The zero-order chi connectivity index (χ0) is 8.27. The van der Waals surface area contributed by atoms with Gasteiger partial charge in [-0.15, -0.1) is 0 Å². The second-order valence-electron chi connectivity index (χ2n) is 2.98. The summed E-state index contributed by atoms with van der Waals surface area (Å²) >= 11 is 0. The molecule has 0 spiro atoms. The van der Waals surface area contributed by atoms with Crippen molar-refractivity contribution in [3.05, 3.63) is 24.3 Å². The summed E-state index contributed by atoms with van der Waals surface area (Å²) in [6.45, 7) is 4.06. The average molecular weight is 148 g/mol. The lowest BCUT2D eigenvalue weighted by atomic mass is 9.96. The van der Waals surface area contributed by atoms with Gasteiger partial charge in [0, 0.05) is 0 Å². The Morgan fingerprint density at radius 3 is 2.64 bits per heavy atom. The molecule has 0 saturated carbocycles. The van der Waals surface area contributed by atoms with Crippen LogP contribution in [0.2, 0.25) is 0 Å². The highest BCUT2D eigenvalue weighted by Gasteiger charge is 1.95. The van der Waals surface area contributed by atoms with Crippen LogP contribution in [0.3, 0.4) is 0 Å². The van der Waals surface area contributed by atoms with Gasteiger partial charge in [0.05, 0.1) is 6.10 Å². The SMILES string of the molecule is Bc1cccc(OC(C)C)c1. The fraction of sp³-hybridized carbons (Fsp3) is 0.333. The maximum Gasteiger partial charge on any atom is 0.139 e. The van der Waals surface area contributed by atoms with Gasteiger partial charge in [0.15, 0.2) is 0 Å². The second-order valence-corrected chi connectivity index (χ2v) is 2.98. The third-order valence-electron chi connectivity index (χ3n) is 1.36. The van der Waals surface area contributed by atoms with Crippen molar-refractivity contribution in [3.8, 4) is 5.75 Å². The standard InChI is InChI=1S/C9H13BO/c1-7(2)11-9-5-3-4-8(10)6-9/h3-7H,10H2,1-2H3. The smallest absolute Gasteiger partial charge is 0.139 e. The Balaban J connectivity index is 2.71. The quantitative estimate of drug-likeness (QED) is 0.562. The zero-order valence-corrected chi connectivity index (χ0v) is 7.29. The summed E-state index contributed by atoms with van der Waals surface area (Å²) in [5.74, 6) is 0.958. The molecule has 0 aliphatic heterocycles. The van der Waals surface area contributed by atoms with E-state index in [1.807, 2.05) is 32.0 Å². The third kappa shape index (κ3) is 2.66. The van der Waals surface area contributed by atoms with Crippen LogP contribution >= 0.6 is 0 Å². The van der Waals surface area contributed by atoms with Gasteiger partial charge in [0.1, 0.15) is 13.6 Å². The number of hydrogen-bond acceptors (Lipinski definition) is 1. The van der Waals surface area contributed by atoms with E-state index in [1.54, 1.807) is 0 Å². The summed E-state index contributed by atoms with van der Waals surface area (Å²) in [7, 11) is 2.06. The Bertz CT molecular complexity index is 233. The molecule has 2 heteroatoms. The Morgan fingerprint density at radius 2 is 2.09 bits per heavy atom. The molecule has 11 heavy (non-hydrogen) atoms. The molecule has 0 amide bonds. The fourth-order valence-electron chi connectivity index (χ4n) is 0.961. The maximum absolute atomic E-state index is 5.50. The van der Waals surface area contributed by atoms with Gasteiger partial charge < -0.3 is 4.74 Å². The Morgan fingerprint density at radius 1 is 1.36 bits per heavy atom. The predicted octanol–water partition coefficient (Wildman–Crippen LogP) is 0.732. The van der Waals surface area contributed by atoms with Crippen molar-refractivity contribution in [1.82, 2.24) is 0 Å². The van der Waals surface area contributed by atoms with Crippen LogP contribution in [0.15, 0.2) is 24.3 Å². The Labute approximate surface area is 68.8 Å². The monoisotopic (exact) mass is 148 g/mol. The van der Waals surface area contributed by atoms with Gasteiger partial charge in [-0.05, 0) is 26.0 Å². The number of hydrogen-bond donors (Lipinski definition) is 0. The van der Waals surface area contributed by atoms with Gasteiger partial charge in [-0.1, -0.05) is 17.6 Å². The molecule has 0 aliphatic carbocycles. The predicted molar refractivity (Wildman–Crippen MR) is 50.4 cm³/mol. The van der Waals surface area contributed by atoms with Crippen LogP contribution in [-0.2, 0) is 0 Å². The molecule has 0 heterocycles. The van der Waals surface area contributed by atoms with Crippen molar-refractivity contribution < 1.29 is 4.74 Å². The normalized spacial score (nSPS) is 10.1. The number of benzene rings is 1. The fourth-order valence-corrected chi connectivity index (χ4v) is 0.961.